The van der Waals surface area contributed by atoms with Crippen LogP contribution in [0.5, 0.6) is 11.8 Å². The number of benzene rings is 1. The van der Waals surface area contributed by atoms with Gasteiger partial charge < -0.3 is 14.6 Å². The summed E-state index contributed by atoms with van der Waals surface area (Å²) in [6.07, 6.45) is 0.0394. The highest BCUT2D eigenvalue weighted by atomic mass is 79.9. The first-order valence-electron chi connectivity index (χ1n) is 5.64. The molecule has 0 aliphatic carbocycles. The van der Waals surface area contributed by atoms with E-state index in [0.29, 0.717) is 4.47 Å². The van der Waals surface area contributed by atoms with Crippen molar-refractivity contribution in [3.8, 4) is 11.8 Å². The van der Waals surface area contributed by atoms with Crippen LogP contribution in [0.2, 0.25) is 0 Å². The molecule has 0 aliphatic heterocycles. The minimum Gasteiger partial charge on any atom is -0.480 e. The van der Waals surface area contributed by atoms with Gasteiger partial charge in [0.2, 0.25) is 11.8 Å². The Hall–Kier alpha value is -1.73. The first-order valence-corrected chi connectivity index (χ1v) is 6.44. The quantitative estimate of drug-likeness (QED) is 0.924. The maximum Gasteiger partial charge on any atom is 0.241 e. The summed E-state index contributed by atoms with van der Waals surface area (Å²) in [7, 11) is 2.82. The molecule has 1 heterocycles. The van der Waals surface area contributed by atoms with E-state index >= 15 is 0 Å². The molecule has 106 valence electrons. The zero-order chi connectivity index (χ0) is 14.7. The average Bonchev–Trinajstić information content (AvgIpc) is 2.48. The van der Waals surface area contributed by atoms with Crippen molar-refractivity contribution in [2.75, 3.05) is 14.2 Å². The number of rotatable bonds is 4. The highest BCUT2D eigenvalue weighted by Gasteiger charge is 2.22. The molecule has 1 N–H and O–H groups in total. The molecule has 0 amide bonds. The van der Waals surface area contributed by atoms with Crippen LogP contribution in [0.15, 0.2) is 28.9 Å². The Morgan fingerprint density at radius 3 is 2.70 bits per heavy atom. The van der Waals surface area contributed by atoms with Crippen LogP contribution in [0.4, 0.5) is 4.39 Å². The van der Waals surface area contributed by atoms with Crippen LogP contribution in [-0.4, -0.2) is 29.3 Å². The summed E-state index contributed by atoms with van der Waals surface area (Å²) in [5, 5.41) is 10.3. The molecule has 7 heteroatoms. The van der Waals surface area contributed by atoms with Crippen LogP contribution in [0.25, 0.3) is 0 Å². The lowest BCUT2D eigenvalue weighted by Crippen LogP contribution is -2.09. The van der Waals surface area contributed by atoms with Crippen LogP contribution in [0.3, 0.4) is 0 Å². The number of hydrogen-bond donors (Lipinski definition) is 1. The summed E-state index contributed by atoms with van der Waals surface area (Å²) in [6.45, 7) is 0. The summed E-state index contributed by atoms with van der Waals surface area (Å²) < 4.78 is 24.4. The van der Waals surface area contributed by atoms with Gasteiger partial charge in [-0.2, -0.15) is 4.98 Å². The number of hydrogen-bond acceptors (Lipinski definition) is 5. The first kappa shape index (κ1) is 14.7. The van der Waals surface area contributed by atoms with Crippen molar-refractivity contribution in [2.24, 2.45) is 0 Å². The van der Waals surface area contributed by atoms with Crippen LogP contribution in [0, 0.1) is 5.82 Å². The molecule has 0 spiro atoms. The monoisotopic (exact) mass is 342 g/mol. The molecule has 2 rings (SSSR count). The van der Waals surface area contributed by atoms with E-state index in [0.717, 1.165) is 0 Å². The second-order valence-corrected chi connectivity index (χ2v) is 4.79. The molecular weight excluding hydrogens is 331 g/mol. The molecule has 1 atom stereocenters. The number of aromatic nitrogens is 2. The Labute approximate surface area is 123 Å². The number of methoxy groups -OCH3 is 2. The summed E-state index contributed by atoms with van der Waals surface area (Å²) in [6, 6.07) is 4.28. The van der Waals surface area contributed by atoms with E-state index in [-0.39, 0.29) is 23.0 Å². The molecule has 1 aromatic carbocycles. The lowest BCUT2D eigenvalue weighted by atomic mass is 10.1. The predicted molar refractivity (Wildman–Crippen MR) is 73.3 cm³/mol. The maximum atomic E-state index is 13.8. The van der Waals surface area contributed by atoms with E-state index < -0.39 is 11.9 Å². The van der Waals surface area contributed by atoms with Crippen LogP contribution >= 0.6 is 15.9 Å². The molecule has 0 fully saturated rings. The van der Waals surface area contributed by atoms with E-state index in [1.807, 2.05) is 0 Å². The predicted octanol–water partition coefficient (Wildman–Crippen LogP) is 2.48. The van der Waals surface area contributed by atoms with Crippen molar-refractivity contribution in [2.45, 2.75) is 6.10 Å². The van der Waals surface area contributed by atoms with Crippen molar-refractivity contribution in [1.29, 1.82) is 0 Å². The Kier molecular flexibility index (Phi) is 4.51. The van der Waals surface area contributed by atoms with Gasteiger partial charge in [0, 0.05) is 10.0 Å². The van der Waals surface area contributed by atoms with Crippen LogP contribution < -0.4 is 9.47 Å². The fraction of sp³-hybridized carbons (Fsp3) is 0.231. The van der Waals surface area contributed by atoms with Gasteiger partial charge in [0.05, 0.1) is 20.4 Å². The van der Waals surface area contributed by atoms with E-state index in [4.69, 9.17) is 9.47 Å². The lowest BCUT2D eigenvalue weighted by Gasteiger charge is -2.14. The van der Waals surface area contributed by atoms with Gasteiger partial charge in [-0.15, -0.1) is 0 Å². The van der Waals surface area contributed by atoms with Gasteiger partial charge in [-0.3, -0.25) is 0 Å². The zero-order valence-electron chi connectivity index (χ0n) is 10.8. The Balaban J connectivity index is 2.47. The SMILES string of the molecule is COc1cnc(C(O)c2cc(Br)ccc2F)c(OC)n1. The van der Waals surface area contributed by atoms with Crippen LogP contribution in [0.1, 0.15) is 17.4 Å². The smallest absolute Gasteiger partial charge is 0.241 e. The molecule has 1 aromatic heterocycles. The second kappa shape index (κ2) is 6.15. The van der Waals surface area contributed by atoms with Gasteiger partial charge in [-0.25, -0.2) is 9.37 Å². The van der Waals surface area contributed by atoms with E-state index in [1.54, 1.807) is 6.07 Å². The highest BCUT2D eigenvalue weighted by molar-refractivity contribution is 9.10. The molecular formula is C13H12BrFN2O3. The van der Waals surface area contributed by atoms with Crippen molar-refractivity contribution < 1.29 is 19.0 Å². The lowest BCUT2D eigenvalue weighted by molar-refractivity contribution is 0.201. The topological polar surface area (TPSA) is 64.5 Å². The second-order valence-electron chi connectivity index (χ2n) is 3.88. The maximum absolute atomic E-state index is 13.8. The van der Waals surface area contributed by atoms with E-state index in [1.165, 1.54) is 32.5 Å². The van der Waals surface area contributed by atoms with Gasteiger partial charge in [0.15, 0.2) is 0 Å². The fourth-order valence-corrected chi connectivity index (χ4v) is 2.05. The summed E-state index contributed by atoms with van der Waals surface area (Å²) in [4.78, 5) is 8.03. The third-order valence-electron chi connectivity index (χ3n) is 2.66. The van der Waals surface area contributed by atoms with Gasteiger partial charge in [0.1, 0.15) is 17.6 Å². The zero-order valence-corrected chi connectivity index (χ0v) is 12.4. The largest absolute Gasteiger partial charge is 0.480 e. The minimum atomic E-state index is -1.29. The number of ether oxygens (including phenoxy) is 2. The number of aliphatic hydroxyl groups excluding tert-OH is 1. The normalized spacial score (nSPS) is 12.1. The molecule has 20 heavy (non-hydrogen) atoms. The van der Waals surface area contributed by atoms with Gasteiger partial charge in [-0.1, -0.05) is 15.9 Å². The number of aliphatic hydroxyl groups is 1. The minimum absolute atomic E-state index is 0.0798. The summed E-state index contributed by atoms with van der Waals surface area (Å²) in [5.74, 6) is -0.218. The molecule has 0 aliphatic rings. The van der Waals surface area contributed by atoms with Gasteiger partial charge >= 0.3 is 0 Å². The van der Waals surface area contributed by atoms with Gasteiger partial charge in [0.25, 0.3) is 0 Å². The van der Waals surface area contributed by atoms with Gasteiger partial charge in [-0.05, 0) is 18.2 Å². The van der Waals surface area contributed by atoms with E-state index in [2.05, 4.69) is 25.9 Å². The van der Waals surface area contributed by atoms with Crippen molar-refractivity contribution in [3.63, 3.8) is 0 Å². The average molecular weight is 343 g/mol. The summed E-state index contributed by atoms with van der Waals surface area (Å²) >= 11 is 3.23. The third-order valence-corrected chi connectivity index (χ3v) is 3.15. The van der Waals surface area contributed by atoms with Crippen molar-refractivity contribution >= 4 is 15.9 Å². The molecule has 1 unspecified atom stereocenters. The first-order chi connectivity index (χ1) is 9.56. The Morgan fingerprint density at radius 2 is 2.05 bits per heavy atom. The van der Waals surface area contributed by atoms with Crippen molar-refractivity contribution in [1.82, 2.24) is 9.97 Å². The van der Waals surface area contributed by atoms with E-state index in [9.17, 15) is 9.50 Å². The Bertz CT molecular complexity index is 625. The standard InChI is InChI=1S/C13H12BrFN2O3/c1-19-10-6-16-11(13(17-10)20-2)12(18)8-5-7(14)3-4-9(8)15/h3-6,12,18H,1-2H3. The Morgan fingerprint density at radius 1 is 1.30 bits per heavy atom. The molecule has 0 bridgehead atoms. The number of nitrogens with zero attached hydrogens (tertiary/aromatic N) is 2. The highest BCUT2D eigenvalue weighted by Crippen LogP contribution is 2.30. The van der Waals surface area contributed by atoms with Crippen molar-refractivity contribution in [3.05, 3.63) is 45.9 Å². The third kappa shape index (κ3) is 2.88. The number of halogens is 2. The molecule has 5 nitrogen and oxygen atoms in total. The molecule has 0 radical (unpaired) electrons. The summed E-state index contributed by atoms with van der Waals surface area (Å²) in [5.41, 5.74) is 0.197. The van der Waals surface area contributed by atoms with Crippen LogP contribution in [-0.2, 0) is 0 Å². The molecule has 0 saturated heterocycles. The fourth-order valence-electron chi connectivity index (χ4n) is 1.67. The molecule has 2 aromatic rings. The molecule has 0 saturated carbocycles.